The summed E-state index contributed by atoms with van der Waals surface area (Å²) in [6.07, 6.45) is 0. The third kappa shape index (κ3) is 5.09. The molecule has 3 heterocycles. The summed E-state index contributed by atoms with van der Waals surface area (Å²) in [5.74, 6) is 0.719. The van der Waals surface area contributed by atoms with Crippen molar-refractivity contribution in [2.75, 3.05) is 0 Å². The number of thiophene rings is 2. The van der Waals surface area contributed by atoms with Crippen LogP contribution in [0, 0.1) is 0 Å². The van der Waals surface area contributed by atoms with Crippen molar-refractivity contribution < 1.29 is 0 Å². The van der Waals surface area contributed by atoms with Crippen molar-refractivity contribution in [1.82, 2.24) is 9.97 Å². The molecule has 0 unspecified atom stereocenters. The lowest BCUT2D eigenvalue weighted by atomic mass is 9.94. The molecular formula is C46H28N2S2. The molecular weight excluding hydrogens is 645 g/mol. The van der Waals surface area contributed by atoms with E-state index in [2.05, 4.69) is 164 Å². The van der Waals surface area contributed by atoms with Gasteiger partial charge in [-0.2, -0.15) is 0 Å². The van der Waals surface area contributed by atoms with Gasteiger partial charge in [0.2, 0.25) is 0 Å². The normalized spacial score (nSPS) is 11.6. The first kappa shape index (κ1) is 29.0. The Hall–Kier alpha value is -5.94. The third-order valence-corrected chi connectivity index (χ3v) is 11.8. The molecule has 10 rings (SSSR count). The second-order valence-electron chi connectivity index (χ2n) is 12.6. The van der Waals surface area contributed by atoms with Crippen LogP contribution in [0.15, 0.2) is 170 Å². The molecule has 0 radical (unpaired) electrons. The van der Waals surface area contributed by atoms with Crippen LogP contribution in [-0.2, 0) is 0 Å². The van der Waals surface area contributed by atoms with E-state index in [0.29, 0.717) is 0 Å². The van der Waals surface area contributed by atoms with Crippen LogP contribution in [0.1, 0.15) is 0 Å². The molecule has 50 heavy (non-hydrogen) atoms. The summed E-state index contributed by atoms with van der Waals surface area (Å²) in [6, 6.07) is 60.9. The predicted molar refractivity (Wildman–Crippen MR) is 215 cm³/mol. The number of aromatic nitrogens is 2. The monoisotopic (exact) mass is 672 g/mol. The maximum atomic E-state index is 5.31. The summed E-state index contributed by atoms with van der Waals surface area (Å²) >= 11 is 3.68. The van der Waals surface area contributed by atoms with Crippen LogP contribution < -0.4 is 0 Å². The fourth-order valence-corrected chi connectivity index (χ4v) is 9.22. The zero-order valence-electron chi connectivity index (χ0n) is 26.9. The van der Waals surface area contributed by atoms with E-state index in [1.165, 1.54) is 51.5 Å². The molecule has 2 nitrogen and oxygen atoms in total. The Morgan fingerprint density at radius 1 is 0.280 bits per heavy atom. The van der Waals surface area contributed by atoms with E-state index < -0.39 is 0 Å². The minimum Gasteiger partial charge on any atom is -0.228 e. The van der Waals surface area contributed by atoms with Crippen molar-refractivity contribution in [1.29, 1.82) is 0 Å². The molecule has 0 aliphatic rings. The van der Waals surface area contributed by atoms with E-state index in [1.807, 2.05) is 28.7 Å². The SMILES string of the molecule is c1ccc(-c2cc(-c3ccc4c(c3)sc3ccccc34)cc(-c3cc(-c4ccccc4)nc(-c4ccc5sc6ccccc6c5c4)n3)c2)cc1. The highest BCUT2D eigenvalue weighted by molar-refractivity contribution is 7.26. The van der Waals surface area contributed by atoms with Crippen LogP contribution in [0.5, 0.6) is 0 Å². The van der Waals surface area contributed by atoms with Gasteiger partial charge in [-0.3, -0.25) is 0 Å². The van der Waals surface area contributed by atoms with Crippen LogP contribution in [-0.4, -0.2) is 9.97 Å². The molecule has 0 saturated heterocycles. The van der Waals surface area contributed by atoms with Gasteiger partial charge >= 0.3 is 0 Å². The van der Waals surface area contributed by atoms with E-state index in [-0.39, 0.29) is 0 Å². The number of rotatable bonds is 5. The lowest BCUT2D eigenvalue weighted by molar-refractivity contribution is 1.18. The van der Waals surface area contributed by atoms with Gasteiger partial charge in [-0.05, 0) is 82.9 Å². The molecule has 0 bridgehead atoms. The van der Waals surface area contributed by atoms with Gasteiger partial charge in [0.05, 0.1) is 11.4 Å². The second kappa shape index (κ2) is 11.9. The van der Waals surface area contributed by atoms with Gasteiger partial charge in [-0.15, -0.1) is 22.7 Å². The standard InChI is InChI=1S/C46H28N2S2/c1-3-11-29(12-4-1)33-23-34(31-19-21-38-36-15-7-9-17-42(36)50-45(38)27-31)25-35(24-33)41-28-40(30-13-5-2-6-14-30)47-46(48-41)32-20-22-44-39(26-32)37-16-8-10-18-43(37)49-44/h1-28H. The van der Waals surface area contributed by atoms with Crippen LogP contribution in [0.4, 0.5) is 0 Å². The number of fused-ring (bicyclic) bond motifs is 6. The van der Waals surface area contributed by atoms with Crippen LogP contribution in [0.2, 0.25) is 0 Å². The summed E-state index contributed by atoms with van der Waals surface area (Å²) in [5.41, 5.74) is 9.60. The molecule has 0 aliphatic heterocycles. The molecule has 0 fully saturated rings. The lowest BCUT2D eigenvalue weighted by Crippen LogP contribution is -1.96. The van der Waals surface area contributed by atoms with Gasteiger partial charge in [-0.1, -0.05) is 109 Å². The van der Waals surface area contributed by atoms with Crippen molar-refractivity contribution in [3.63, 3.8) is 0 Å². The molecule has 10 aromatic rings. The maximum absolute atomic E-state index is 5.31. The first-order valence-electron chi connectivity index (χ1n) is 16.7. The predicted octanol–water partition coefficient (Wildman–Crippen LogP) is 13.5. The topological polar surface area (TPSA) is 25.8 Å². The molecule has 234 valence electrons. The fraction of sp³-hybridized carbons (Fsp3) is 0. The Balaban J connectivity index is 1.18. The van der Waals surface area contributed by atoms with Crippen molar-refractivity contribution in [2.24, 2.45) is 0 Å². The van der Waals surface area contributed by atoms with Gasteiger partial charge in [0.15, 0.2) is 5.82 Å². The van der Waals surface area contributed by atoms with E-state index >= 15 is 0 Å². The van der Waals surface area contributed by atoms with Crippen molar-refractivity contribution in [3.8, 4) is 56.2 Å². The van der Waals surface area contributed by atoms with Gasteiger partial charge in [0.25, 0.3) is 0 Å². The first-order chi connectivity index (χ1) is 24.7. The highest BCUT2D eigenvalue weighted by atomic mass is 32.1. The summed E-state index contributed by atoms with van der Waals surface area (Å²) in [7, 11) is 0. The third-order valence-electron chi connectivity index (χ3n) is 9.48. The first-order valence-corrected chi connectivity index (χ1v) is 18.4. The highest BCUT2D eigenvalue weighted by Crippen LogP contribution is 2.40. The Morgan fingerprint density at radius 2 is 0.800 bits per heavy atom. The molecule has 0 atom stereocenters. The average Bonchev–Trinajstić information content (AvgIpc) is 3.76. The number of hydrogen-bond acceptors (Lipinski definition) is 4. The Bertz CT molecular complexity index is 2870. The molecule has 0 N–H and O–H groups in total. The van der Waals surface area contributed by atoms with Crippen LogP contribution in [0.3, 0.4) is 0 Å². The average molecular weight is 673 g/mol. The van der Waals surface area contributed by atoms with Gasteiger partial charge < -0.3 is 0 Å². The Labute approximate surface area is 297 Å². The lowest BCUT2D eigenvalue weighted by Gasteiger charge is -2.13. The van der Waals surface area contributed by atoms with Crippen LogP contribution in [0.25, 0.3) is 96.5 Å². The van der Waals surface area contributed by atoms with E-state index in [4.69, 9.17) is 9.97 Å². The number of hydrogen-bond donors (Lipinski definition) is 0. The molecule has 3 aromatic heterocycles. The maximum Gasteiger partial charge on any atom is 0.160 e. The minimum atomic E-state index is 0.719. The quantitative estimate of drug-likeness (QED) is 0.182. The van der Waals surface area contributed by atoms with E-state index in [9.17, 15) is 0 Å². The Morgan fingerprint density at radius 3 is 1.54 bits per heavy atom. The molecule has 0 amide bonds. The molecule has 7 aromatic carbocycles. The number of benzene rings is 7. The molecule has 0 saturated carbocycles. The zero-order chi connectivity index (χ0) is 33.0. The summed E-state index contributed by atoms with van der Waals surface area (Å²) in [5, 5.41) is 5.12. The molecule has 4 heteroatoms. The number of nitrogens with zero attached hydrogens (tertiary/aromatic N) is 2. The molecule has 0 spiro atoms. The largest absolute Gasteiger partial charge is 0.228 e. The van der Waals surface area contributed by atoms with Crippen molar-refractivity contribution in [2.45, 2.75) is 0 Å². The Kier molecular flexibility index (Phi) is 6.90. The van der Waals surface area contributed by atoms with Crippen molar-refractivity contribution in [3.05, 3.63) is 170 Å². The van der Waals surface area contributed by atoms with Gasteiger partial charge in [-0.25, -0.2) is 9.97 Å². The fourth-order valence-electron chi connectivity index (χ4n) is 6.99. The second-order valence-corrected chi connectivity index (χ2v) is 14.8. The van der Waals surface area contributed by atoms with Gasteiger partial charge in [0.1, 0.15) is 0 Å². The van der Waals surface area contributed by atoms with Gasteiger partial charge in [0, 0.05) is 57.0 Å². The highest BCUT2D eigenvalue weighted by Gasteiger charge is 2.16. The smallest absolute Gasteiger partial charge is 0.160 e. The summed E-state index contributed by atoms with van der Waals surface area (Å²) < 4.78 is 5.17. The molecule has 0 aliphatic carbocycles. The van der Waals surface area contributed by atoms with E-state index in [0.717, 1.165) is 45.0 Å². The summed E-state index contributed by atoms with van der Waals surface area (Å²) in [4.78, 5) is 10.5. The summed E-state index contributed by atoms with van der Waals surface area (Å²) in [6.45, 7) is 0. The van der Waals surface area contributed by atoms with E-state index in [1.54, 1.807) is 0 Å². The minimum absolute atomic E-state index is 0.719. The van der Waals surface area contributed by atoms with Crippen LogP contribution >= 0.6 is 22.7 Å². The zero-order valence-corrected chi connectivity index (χ0v) is 28.5. The van der Waals surface area contributed by atoms with Crippen molar-refractivity contribution >= 4 is 63.0 Å².